The van der Waals surface area contributed by atoms with Crippen molar-refractivity contribution in [1.29, 1.82) is 0 Å². The zero-order valence-electron chi connectivity index (χ0n) is 22.4. The molecule has 204 valence electrons. The van der Waals surface area contributed by atoms with Crippen LogP contribution >= 0.6 is 0 Å². The number of anilines is 1. The number of unbranched alkanes of at least 4 members (excludes halogenated alkanes) is 4. The number of aromatic nitrogens is 1. The van der Waals surface area contributed by atoms with Crippen molar-refractivity contribution >= 4 is 23.6 Å². The largest absolute Gasteiger partial charge is 0.456 e. The zero-order valence-corrected chi connectivity index (χ0v) is 22.4. The molecule has 8 nitrogen and oxygen atoms in total. The predicted molar refractivity (Wildman–Crippen MR) is 145 cm³/mol. The van der Waals surface area contributed by atoms with E-state index in [1.165, 1.54) is 23.8 Å². The molecule has 5 atom stereocenters. The first-order valence-corrected chi connectivity index (χ1v) is 14.3. The average Bonchev–Trinajstić information content (AvgIpc) is 3.62. The van der Waals surface area contributed by atoms with E-state index in [0.29, 0.717) is 6.54 Å². The van der Waals surface area contributed by atoms with Gasteiger partial charge in [0.25, 0.3) is 0 Å². The number of carbonyl (C=O) groups is 3. The van der Waals surface area contributed by atoms with Crippen LogP contribution in [0, 0.1) is 23.7 Å². The van der Waals surface area contributed by atoms with Gasteiger partial charge in [-0.3, -0.25) is 19.4 Å². The van der Waals surface area contributed by atoms with Gasteiger partial charge < -0.3 is 9.64 Å². The molecule has 8 heteroatoms. The molecule has 3 unspecified atom stereocenters. The van der Waals surface area contributed by atoms with Crippen LogP contribution in [0.1, 0.15) is 45.4 Å². The molecular formula is C30H40N4O4. The third-order valence-electron chi connectivity index (χ3n) is 8.52. The normalized spacial score (nSPS) is 27.5. The van der Waals surface area contributed by atoms with E-state index in [0.717, 1.165) is 57.7 Å². The summed E-state index contributed by atoms with van der Waals surface area (Å²) in [4.78, 5) is 49.6. The molecule has 0 radical (unpaired) electrons. The highest BCUT2D eigenvalue weighted by molar-refractivity contribution is 6.06. The van der Waals surface area contributed by atoms with Crippen LogP contribution in [-0.2, 0) is 19.1 Å². The third-order valence-corrected chi connectivity index (χ3v) is 8.52. The predicted octanol–water partition coefficient (Wildman–Crippen LogP) is 3.45. The van der Waals surface area contributed by atoms with Crippen LogP contribution in [0.25, 0.3) is 0 Å². The van der Waals surface area contributed by atoms with Gasteiger partial charge in [-0.1, -0.05) is 50.5 Å². The first kappa shape index (κ1) is 26.6. The summed E-state index contributed by atoms with van der Waals surface area (Å²) in [6, 6.07) is 5.91. The van der Waals surface area contributed by atoms with E-state index in [4.69, 9.17) is 4.74 Å². The van der Waals surface area contributed by atoms with Crippen LogP contribution in [0.4, 0.5) is 5.82 Å². The molecule has 2 aliphatic carbocycles. The second kappa shape index (κ2) is 12.2. The molecule has 0 aromatic carbocycles. The second-order valence-corrected chi connectivity index (χ2v) is 11.1. The zero-order chi connectivity index (χ0) is 26.5. The van der Waals surface area contributed by atoms with Crippen molar-refractivity contribution in [2.75, 3.05) is 44.2 Å². The van der Waals surface area contributed by atoms with Crippen LogP contribution in [0.5, 0.6) is 0 Å². The van der Waals surface area contributed by atoms with E-state index in [-0.39, 0.29) is 42.0 Å². The van der Waals surface area contributed by atoms with Crippen molar-refractivity contribution in [3.05, 3.63) is 48.7 Å². The number of esters is 1. The molecule has 0 spiro atoms. The fourth-order valence-electron chi connectivity index (χ4n) is 6.54. The van der Waals surface area contributed by atoms with E-state index in [2.05, 4.69) is 33.9 Å². The minimum Gasteiger partial charge on any atom is -0.456 e. The molecular weight excluding hydrogens is 480 g/mol. The number of allylic oxidation sites excluding steroid dienone is 3. The Hall–Kier alpha value is -3.00. The Kier molecular flexibility index (Phi) is 8.57. The maximum Gasteiger partial charge on any atom is 0.330 e. The molecule has 0 N–H and O–H groups in total. The third kappa shape index (κ3) is 5.85. The van der Waals surface area contributed by atoms with Crippen LogP contribution in [-0.4, -0.2) is 77.9 Å². The molecule has 1 saturated carbocycles. The SMILES string of the molecule is CCCCCC/C=C/C(=O)OC(CN1CCN(c2ccccn2)CC1)CN1C(=O)C2C3C=C[C@@H](C3)[C@@H]2C1=O. The number of fused-ring (bicyclic) bond motifs is 5. The van der Waals surface area contributed by atoms with E-state index >= 15 is 0 Å². The van der Waals surface area contributed by atoms with Crippen molar-refractivity contribution in [2.45, 2.75) is 51.6 Å². The molecule has 3 heterocycles. The minimum atomic E-state index is -0.564. The first-order chi connectivity index (χ1) is 18.5. The Morgan fingerprint density at radius 1 is 1.03 bits per heavy atom. The molecule has 1 aromatic rings. The molecule has 2 amide bonds. The molecule has 2 saturated heterocycles. The number of piperazine rings is 1. The summed E-state index contributed by atoms with van der Waals surface area (Å²) in [7, 11) is 0. The van der Waals surface area contributed by atoms with Gasteiger partial charge in [0.2, 0.25) is 11.8 Å². The van der Waals surface area contributed by atoms with Gasteiger partial charge in [0.15, 0.2) is 0 Å². The van der Waals surface area contributed by atoms with Gasteiger partial charge in [-0.05, 0) is 43.2 Å². The van der Waals surface area contributed by atoms with Crippen LogP contribution < -0.4 is 4.90 Å². The topological polar surface area (TPSA) is 83.1 Å². The Labute approximate surface area is 225 Å². The summed E-state index contributed by atoms with van der Waals surface area (Å²) in [6.45, 7) is 6.00. The molecule has 4 aliphatic rings. The Morgan fingerprint density at radius 3 is 2.42 bits per heavy atom. The number of likely N-dealkylation sites (tertiary alicyclic amines) is 1. The van der Waals surface area contributed by atoms with E-state index < -0.39 is 12.1 Å². The maximum atomic E-state index is 13.3. The van der Waals surface area contributed by atoms with E-state index in [9.17, 15) is 14.4 Å². The van der Waals surface area contributed by atoms with Crippen LogP contribution in [0.3, 0.4) is 0 Å². The molecule has 2 aliphatic heterocycles. The van der Waals surface area contributed by atoms with Gasteiger partial charge in [0.1, 0.15) is 11.9 Å². The summed E-state index contributed by atoms with van der Waals surface area (Å²) >= 11 is 0. The summed E-state index contributed by atoms with van der Waals surface area (Å²) < 4.78 is 5.89. The lowest BCUT2D eigenvalue weighted by molar-refractivity contribution is -0.151. The Bertz CT molecular complexity index is 1020. The Balaban J connectivity index is 1.20. The number of ether oxygens (including phenoxy) is 1. The molecule has 1 aromatic heterocycles. The molecule has 3 fully saturated rings. The number of hydrogen-bond donors (Lipinski definition) is 0. The summed E-state index contributed by atoms with van der Waals surface area (Å²) in [5, 5.41) is 0. The van der Waals surface area contributed by atoms with Gasteiger partial charge in [0.05, 0.1) is 18.4 Å². The highest BCUT2D eigenvalue weighted by atomic mass is 16.5. The van der Waals surface area contributed by atoms with Crippen molar-refractivity contribution in [3.8, 4) is 0 Å². The minimum absolute atomic E-state index is 0.0932. The number of pyridine rings is 1. The van der Waals surface area contributed by atoms with Gasteiger partial charge >= 0.3 is 5.97 Å². The van der Waals surface area contributed by atoms with Crippen LogP contribution in [0.15, 0.2) is 48.7 Å². The standard InChI is InChI=1S/C30H40N4O4/c1-2-3-4-5-6-7-11-26(35)38-24(20-32-15-17-33(18-16-32)25-10-8-9-14-31-25)21-34-29(36)27-22-12-13-23(19-22)28(27)30(34)37/h7-14,22-24,27-28H,2-6,15-21H2,1H3/b11-7+/t22-,23?,24?,27-,28?/m0/s1. The number of hydrogen-bond acceptors (Lipinski definition) is 7. The lowest BCUT2D eigenvalue weighted by Gasteiger charge is -2.37. The average molecular weight is 521 g/mol. The number of amides is 2. The second-order valence-electron chi connectivity index (χ2n) is 11.1. The van der Waals surface area contributed by atoms with Crippen molar-refractivity contribution in [3.63, 3.8) is 0 Å². The molecule has 5 rings (SSSR count). The van der Waals surface area contributed by atoms with Crippen molar-refractivity contribution in [1.82, 2.24) is 14.8 Å². The van der Waals surface area contributed by atoms with Crippen LogP contribution in [0.2, 0.25) is 0 Å². The lowest BCUT2D eigenvalue weighted by Crippen LogP contribution is -2.51. The molecule has 38 heavy (non-hydrogen) atoms. The lowest BCUT2D eigenvalue weighted by atomic mass is 9.85. The quantitative estimate of drug-likeness (QED) is 0.137. The smallest absolute Gasteiger partial charge is 0.330 e. The van der Waals surface area contributed by atoms with Crippen molar-refractivity contribution < 1.29 is 19.1 Å². The number of carbonyl (C=O) groups excluding carboxylic acids is 3. The van der Waals surface area contributed by atoms with Gasteiger partial charge in [0, 0.05) is 45.0 Å². The highest BCUT2D eigenvalue weighted by Crippen LogP contribution is 2.52. The Morgan fingerprint density at radius 2 is 1.76 bits per heavy atom. The van der Waals surface area contributed by atoms with Gasteiger partial charge in [-0.2, -0.15) is 0 Å². The summed E-state index contributed by atoms with van der Waals surface area (Å²) in [5.74, 6) is 0.234. The first-order valence-electron chi connectivity index (χ1n) is 14.3. The number of rotatable bonds is 12. The fourth-order valence-corrected chi connectivity index (χ4v) is 6.54. The van der Waals surface area contributed by atoms with E-state index in [1.807, 2.05) is 24.3 Å². The van der Waals surface area contributed by atoms with Gasteiger partial charge in [-0.25, -0.2) is 9.78 Å². The monoisotopic (exact) mass is 520 g/mol. The van der Waals surface area contributed by atoms with Gasteiger partial charge in [-0.15, -0.1) is 0 Å². The fraction of sp³-hybridized carbons (Fsp3) is 0.600. The van der Waals surface area contributed by atoms with E-state index in [1.54, 1.807) is 6.20 Å². The van der Waals surface area contributed by atoms with Crippen molar-refractivity contribution in [2.24, 2.45) is 23.7 Å². The highest BCUT2D eigenvalue weighted by Gasteiger charge is 2.59. The maximum absolute atomic E-state index is 13.3. The summed E-state index contributed by atoms with van der Waals surface area (Å²) in [5.41, 5.74) is 0. The molecule has 2 bridgehead atoms. The summed E-state index contributed by atoms with van der Waals surface area (Å²) in [6.07, 6.45) is 15.2. The number of imide groups is 1. The number of nitrogens with zero attached hydrogens (tertiary/aromatic N) is 4.